The molecule has 0 fully saturated rings. The third-order valence-electron chi connectivity index (χ3n) is 5.37. The molecule has 0 aromatic carbocycles. The summed E-state index contributed by atoms with van der Waals surface area (Å²) in [7, 11) is 1.97. The maximum Gasteiger partial charge on any atom is 0.270 e. The molecule has 0 radical (unpaired) electrons. The maximum absolute atomic E-state index is 13.0. The first kappa shape index (κ1) is 16.1. The number of fused-ring (bicyclic) bond motifs is 2. The van der Waals surface area contributed by atoms with E-state index in [1.54, 1.807) is 0 Å². The summed E-state index contributed by atoms with van der Waals surface area (Å²) in [5.41, 5.74) is 11.6. The van der Waals surface area contributed by atoms with Gasteiger partial charge in [-0.15, -0.1) is 0 Å². The van der Waals surface area contributed by atoms with Crippen LogP contribution in [0.15, 0.2) is 0 Å². The monoisotopic (exact) mass is 340 g/mol. The number of carbonyl (C=O) groups excluding carboxylic acids is 1. The molecule has 2 heterocycles. The van der Waals surface area contributed by atoms with Crippen molar-refractivity contribution in [3.05, 3.63) is 33.9 Å². The van der Waals surface area contributed by atoms with Gasteiger partial charge in [-0.1, -0.05) is 0 Å². The smallest absolute Gasteiger partial charge is 0.270 e. The van der Waals surface area contributed by atoms with E-state index in [4.69, 9.17) is 5.73 Å². The summed E-state index contributed by atoms with van der Waals surface area (Å²) < 4.78 is 1.94. The number of anilines is 1. The fourth-order valence-electron chi connectivity index (χ4n) is 4.26. The van der Waals surface area contributed by atoms with Crippen LogP contribution in [0, 0.1) is 6.92 Å². The van der Waals surface area contributed by atoms with Gasteiger partial charge < -0.3 is 11.1 Å². The lowest BCUT2D eigenvalue weighted by molar-refractivity contribution is 0.0926. The third-order valence-corrected chi connectivity index (χ3v) is 5.37. The Balaban J connectivity index is 1.65. The number of hydrogen-bond donors (Lipinski definition) is 2. The second-order valence-corrected chi connectivity index (χ2v) is 7.05. The van der Waals surface area contributed by atoms with E-state index in [2.05, 4.69) is 20.4 Å². The standard InChI is InChI=1S/C18H24N6O/c1-10-15-13(8-5-9-14(15)24(2)23-10)20-17(25)16-11-6-3-4-7-12(11)21-18(19)22-16/h13H,3-9H2,1-2H3,(H,20,25)(H2,19,21,22). The van der Waals surface area contributed by atoms with Crippen molar-refractivity contribution in [3.63, 3.8) is 0 Å². The molecule has 1 unspecified atom stereocenters. The van der Waals surface area contributed by atoms with Crippen molar-refractivity contribution in [2.24, 2.45) is 7.05 Å². The zero-order valence-electron chi connectivity index (χ0n) is 14.8. The molecule has 2 aromatic heterocycles. The van der Waals surface area contributed by atoms with Gasteiger partial charge in [-0.2, -0.15) is 5.10 Å². The molecule has 0 saturated heterocycles. The molecule has 4 rings (SSSR count). The van der Waals surface area contributed by atoms with Crippen LogP contribution in [0.2, 0.25) is 0 Å². The number of nitrogen functional groups attached to an aromatic ring is 1. The molecular formula is C18H24N6O. The van der Waals surface area contributed by atoms with Crippen LogP contribution < -0.4 is 11.1 Å². The van der Waals surface area contributed by atoms with Gasteiger partial charge in [-0.3, -0.25) is 9.48 Å². The molecule has 0 bridgehead atoms. The van der Waals surface area contributed by atoms with E-state index in [0.717, 1.165) is 67.5 Å². The van der Waals surface area contributed by atoms with Crippen molar-refractivity contribution in [1.29, 1.82) is 0 Å². The van der Waals surface area contributed by atoms with Crippen molar-refractivity contribution < 1.29 is 4.79 Å². The molecule has 2 aliphatic rings. The SMILES string of the molecule is Cc1nn(C)c2c1C(NC(=O)c1nc(N)nc3c1CCCC3)CCC2. The summed E-state index contributed by atoms with van der Waals surface area (Å²) in [5.74, 6) is 0.0426. The van der Waals surface area contributed by atoms with Crippen LogP contribution in [-0.4, -0.2) is 25.7 Å². The summed E-state index contributed by atoms with van der Waals surface area (Å²) in [6, 6.07) is -0.0135. The average molecular weight is 340 g/mol. The summed E-state index contributed by atoms with van der Waals surface area (Å²) in [4.78, 5) is 21.6. The Morgan fingerprint density at radius 1 is 1.20 bits per heavy atom. The number of aromatic nitrogens is 4. The second-order valence-electron chi connectivity index (χ2n) is 7.05. The van der Waals surface area contributed by atoms with Gasteiger partial charge in [-0.25, -0.2) is 9.97 Å². The molecule has 7 nitrogen and oxygen atoms in total. The van der Waals surface area contributed by atoms with Gasteiger partial charge in [0.05, 0.1) is 11.7 Å². The van der Waals surface area contributed by atoms with E-state index in [-0.39, 0.29) is 17.9 Å². The minimum Gasteiger partial charge on any atom is -0.368 e. The van der Waals surface area contributed by atoms with Gasteiger partial charge in [0.25, 0.3) is 5.91 Å². The Morgan fingerprint density at radius 2 is 2.00 bits per heavy atom. The molecule has 25 heavy (non-hydrogen) atoms. The Morgan fingerprint density at radius 3 is 2.84 bits per heavy atom. The molecule has 132 valence electrons. The molecular weight excluding hydrogens is 316 g/mol. The number of rotatable bonds is 2. The lowest BCUT2D eigenvalue weighted by Gasteiger charge is -2.25. The highest BCUT2D eigenvalue weighted by Crippen LogP contribution is 2.32. The third kappa shape index (κ3) is 2.77. The molecule has 2 aromatic rings. The van der Waals surface area contributed by atoms with Gasteiger partial charge in [0, 0.05) is 29.6 Å². The van der Waals surface area contributed by atoms with Crippen molar-refractivity contribution in [2.45, 2.75) is 57.9 Å². The highest BCUT2D eigenvalue weighted by molar-refractivity contribution is 5.94. The quantitative estimate of drug-likeness (QED) is 0.868. The number of carbonyl (C=O) groups is 1. The molecule has 0 saturated carbocycles. The van der Waals surface area contributed by atoms with Crippen molar-refractivity contribution in [2.75, 3.05) is 5.73 Å². The molecule has 0 aliphatic heterocycles. The number of amides is 1. The van der Waals surface area contributed by atoms with E-state index < -0.39 is 0 Å². The van der Waals surface area contributed by atoms with E-state index >= 15 is 0 Å². The maximum atomic E-state index is 13.0. The van der Waals surface area contributed by atoms with E-state index in [9.17, 15) is 4.79 Å². The lowest BCUT2D eigenvalue weighted by atomic mass is 9.90. The first-order chi connectivity index (χ1) is 12.0. The zero-order valence-corrected chi connectivity index (χ0v) is 14.8. The summed E-state index contributed by atoms with van der Waals surface area (Å²) >= 11 is 0. The van der Waals surface area contributed by atoms with Crippen molar-refractivity contribution in [1.82, 2.24) is 25.1 Å². The minimum absolute atomic E-state index is 0.0135. The number of nitrogens with two attached hydrogens (primary N) is 1. The Bertz CT molecular complexity index is 841. The summed E-state index contributed by atoms with van der Waals surface area (Å²) in [5, 5.41) is 7.71. The van der Waals surface area contributed by atoms with Crippen LogP contribution in [0.4, 0.5) is 5.95 Å². The Labute approximate surface area is 147 Å². The van der Waals surface area contributed by atoms with Crippen LogP contribution in [-0.2, 0) is 26.3 Å². The number of nitrogens with one attached hydrogen (secondary N) is 1. The second kappa shape index (κ2) is 6.13. The topological polar surface area (TPSA) is 98.7 Å². The molecule has 1 amide bonds. The van der Waals surface area contributed by atoms with Crippen LogP contribution in [0.25, 0.3) is 0 Å². The van der Waals surface area contributed by atoms with Gasteiger partial charge in [0.15, 0.2) is 0 Å². The normalized spacial score (nSPS) is 19.2. The Kier molecular flexibility index (Phi) is 3.94. The Hall–Kier alpha value is -2.44. The molecule has 3 N–H and O–H groups in total. The van der Waals surface area contributed by atoms with Crippen LogP contribution >= 0.6 is 0 Å². The van der Waals surface area contributed by atoms with E-state index in [1.807, 2.05) is 18.7 Å². The summed E-state index contributed by atoms with van der Waals surface area (Å²) in [6.45, 7) is 2.01. The lowest BCUT2D eigenvalue weighted by Crippen LogP contribution is -2.33. The molecule has 0 spiro atoms. The molecule has 1 atom stereocenters. The predicted molar refractivity (Wildman–Crippen MR) is 94.2 cm³/mol. The fourth-order valence-corrected chi connectivity index (χ4v) is 4.26. The van der Waals surface area contributed by atoms with Gasteiger partial charge in [-0.05, 0) is 51.9 Å². The number of hydrogen-bond acceptors (Lipinski definition) is 5. The first-order valence-electron chi connectivity index (χ1n) is 9.03. The highest BCUT2D eigenvalue weighted by Gasteiger charge is 2.29. The highest BCUT2D eigenvalue weighted by atomic mass is 16.2. The minimum atomic E-state index is -0.145. The van der Waals surface area contributed by atoms with Crippen molar-refractivity contribution in [3.8, 4) is 0 Å². The number of nitrogens with zero attached hydrogens (tertiary/aromatic N) is 4. The van der Waals surface area contributed by atoms with Crippen LogP contribution in [0.5, 0.6) is 0 Å². The van der Waals surface area contributed by atoms with E-state index in [0.29, 0.717) is 5.69 Å². The van der Waals surface area contributed by atoms with Gasteiger partial charge in [0.1, 0.15) is 5.69 Å². The largest absolute Gasteiger partial charge is 0.368 e. The predicted octanol–water partition coefficient (Wildman–Crippen LogP) is 1.79. The average Bonchev–Trinajstić information content (AvgIpc) is 2.89. The number of aryl methyl sites for hydroxylation is 3. The van der Waals surface area contributed by atoms with Gasteiger partial charge in [0.2, 0.25) is 5.95 Å². The fraction of sp³-hybridized carbons (Fsp3) is 0.556. The zero-order chi connectivity index (χ0) is 17.6. The molecule has 2 aliphatic carbocycles. The van der Waals surface area contributed by atoms with Gasteiger partial charge >= 0.3 is 0 Å². The first-order valence-corrected chi connectivity index (χ1v) is 9.03. The molecule has 7 heteroatoms. The van der Waals surface area contributed by atoms with Crippen LogP contribution in [0.1, 0.15) is 70.4 Å². The van der Waals surface area contributed by atoms with Crippen molar-refractivity contribution >= 4 is 11.9 Å². The summed E-state index contributed by atoms with van der Waals surface area (Å²) in [6.07, 6.45) is 6.85. The van der Waals surface area contributed by atoms with E-state index in [1.165, 1.54) is 5.69 Å². The van der Waals surface area contributed by atoms with Crippen LogP contribution in [0.3, 0.4) is 0 Å².